The second-order valence-corrected chi connectivity index (χ2v) is 21.0. The molecule has 386 valence electrons. The Morgan fingerprint density at radius 3 is 2.22 bits per heavy atom. The number of fused-ring (bicyclic) bond motifs is 2. The van der Waals surface area contributed by atoms with Crippen LogP contribution in [0, 0.1) is 12.8 Å². The van der Waals surface area contributed by atoms with Crippen LogP contribution in [-0.2, 0) is 51.6 Å². The summed E-state index contributed by atoms with van der Waals surface area (Å²) in [5.41, 5.74) is 14.3. The Balaban J connectivity index is 1.20. The largest absolute Gasteiger partial charge is 0.370 e. The number of rotatable bonds is 15. The monoisotopic (exact) mass is 1010 g/mol. The van der Waals surface area contributed by atoms with Crippen LogP contribution in [-0.4, -0.2) is 116 Å². The molecule has 4 aromatic rings. The molecule has 20 heteroatoms. The molecular weight excluding hydrogens is 939 g/mol. The zero-order valence-corrected chi connectivity index (χ0v) is 41.7. The van der Waals surface area contributed by atoms with Crippen molar-refractivity contribution in [2.75, 3.05) is 19.6 Å². The molecule has 3 unspecified atom stereocenters. The lowest BCUT2D eigenvalue weighted by Crippen LogP contribution is -2.60. The van der Waals surface area contributed by atoms with E-state index in [1.54, 1.807) is 48.7 Å². The quantitative estimate of drug-likeness (QED) is 0.0476. The Morgan fingerprint density at radius 2 is 1.47 bits per heavy atom. The average Bonchev–Trinajstić information content (AvgIpc) is 4.03. The van der Waals surface area contributed by atoms with Crippen LogP contribution in [0.5, 0.6) is 0 Å². The Kier molecular flexibility index (Phi) is 18.4. The number of nitrogens with zero attached hydrogens (tertiary/aromatic N) is 2. The lowest BCUT2D eigenvalue weighted by atomic mass is 9.84. The first-order valence-electron chi connectivity index (χ1n) is 25.2. The van der Waals surface area contributed by atoms with Crippen molar-refractivity contribution in [2.24, 2.45) is 22.4 Å². The highest BCUT2D eigenvalue weighted by atomic mass is 32.2. The molecule has 6 atom stereocenters. The third kappa shape index (κ3) is 14.4. The van der Waals surface area contributed by atoms with Crippen LogP contribution in [0.4, 0.5) is 0 Å². The number of sulfonamides is 1. The van der Waals surface area contributed by atoms with Gasteiger partial charge in [0.15, 0.2) is 5.96 Å². The van der Waals surface area contributed by atoms with E-state index < -0.39 is 81.7 Å². The van der Waals surface area contributed by atoms with Crippen molar-refractivity contribution in [1.82, 2.24) is 41.2 Å². The van der Waals surface area contributed by atoms with Gasteiger partial charge in [-0.05, 0) is 93.5 Å². The Morgan fingerprint density at radius 1 is 0.778 bits per heavy atom. The third-order valence-electron chi connectivity index (χ3n) is 13.9. The van der Waals surface area contributed by atoms with Gasteiger partial charge in [0.05, 0.1) is 4.90 Å². The fourth-order valence-corrected chi connectivity index (χ4v) is 11.2. The van der Waals surface area contributed by atoms with Crippen molar-refractivity contribution in [2.45, 2.75) is 138 Å². The van der Waals surface area contributed by atoms with Gasteiger partial charge in [-0.15, -0.1) is 0 Å². The summed E-state index contributed by atoms with van der Waals surface area (Å²) in [6, 6.07) is 15.7. The number of aliphatic imine (C=N–C) groups is 1. The number of nitrogens with one attached hydrogen (secondary N) is 7. The van der Waals surface area contributed by atoms with E-state index in [1.807, 2.05) is 31.2 Å². The standard InChI is InChI=1S/C52H69N11O8S/c1-33-22-24-37(25-23-33)72(70,71)62-44(30-35-15-6-3-7-16-35)49(67)59-41-20-11-26-55-46(64)40(19-10-27-56-52(53)54)58-48(66)43(31-36-32-57-39-18-9-8-17-38(36)39)60-47(65)42(29-34-13-4-2-5-14-34)61-50(68)45-21-12-28-63(45)51(41)69/h3,6-9,15-18,22-25,32,34,40-45,57,62H,2,4-5,10-14,19-21,26-31H2,1H3,(H,55,64)(H,58,66)(H,59,67)(H,60,65)(H,61,68)(H4,53,54,56)/t40?,41-,42+,43?,44-,45?/m0/s1. The van der Waals surface area contributed by atoms with E-state index in [0.29, 0.717) is 24.8 Å². The van der Waals surface area contributed by atoms with Crippen LogP contribution in [0.3, 0.4) is 0 Å². The summed E-state index contributed by atoms with van der Waals surface area (Å²) in [5.74, 6) is -3.62. The van der Waals surface area contributed by atoms with Crippen LogP contribution >= 0.6 is 0 Å². The average molecular weight is 1010 g/mol. The van der Waals surface area contributed by atoms with Crippen molar-refractivity contribution < 1.29 is 37.2 Å². The van der Waals surface area contributed by atoms with E-state index >= 15 is 0 Å². The molecule has 0 spiro atoms. The predicted octanol–water partition coefficient (Wildman–Crippen LogP) is 2.47. The number of aryl methyl sites for hydroxylation is 1. The number of aromatic nitrogens is 1. The lowest BCUT2D eigenvalue weighted by molar-refractivity contribution is -0.142. The first-order chi connectivity index (χ1) is 34.6. The zero-order chi connectivity index (χ0) is 51.2. The first kappa shape index (κ1) is 53.0. The maximum Gasteiger partial charge on any atom is 0.245 e. The topological polar surface area (TPSA) is 292 Å². The number of guanidine groups is 1. The van der Waals surface area contributed by atoms with Gasteiger partial charge in [0.25, 0.3) is 0 Å². The molecule has 19 nitrogen and oxygen atoms in total. The molecule has 3 aliphatic rings. The SMILES string of the molecule is Cc1ccc(S(=O)(=O)N[C@@H](Cc2ccccc2)C(=O)N[C@H]2CCCNC(=O)C(CCCN=C(N)N)NC(=O)C(Cc3c[nH]c4ccccc34)NC(=O)[C@@H](CC3CCCCC3)NC(=O)C3CCCN3C2=O)cc1. The van der Waals surface area contributed by atoms with Gasteiger partial charge in [-0.25, -0.2) is 8.42 Å². The number of nitrogens with two attached hydrogens (primary N) is 2. The van der Waals surface area contributed by atoms with Gasteiger partial charge in [-0.2, -0.15) is 4.72 Å². The fraction of sp³-hybridized carbons (Fsp3) is 0.481. The minimum atomic E-state index is -4.23. The van der Waals surface area contributed by atoms with Gasteiger partial charge < -0.3 is 47.9 Å². The molecule has 3 fully saturated rings. The van der Waals surface area contributed by atoms with E-state index in [9.17, 15) is 37.2 Å². The van der Waals surface area contributed by atoms with Crippen molar-refractivity contribution in [3.05, 3.63) is 102 Å². The van der Waals surface area contributed by atoms with Crippen LogP contribution in [0.2, 0.25) is 0 Å². The molecule has 7 rings (SSSR count). The van der Waals surface area contributed by atoms with Gasteiger partial charge in [0.1, 0.15) is 36.3 Å². The highest BCUT2D eigenvalue weighted by molar-refractivity contribution is 7.89. The van der Waals surface area contributed by atoms with Crippen LogP contribution in [0.25, 0.3) is 10.9 Å². The molecule has 11 N–H and O–H groups in total. The Hall–Kier alpha value is -6.80. The molecule has 2 aliphatic heterocycles. The van der Waals surface area contributed by atoms with E-state index in [-0.39, 0.29) is 74.9 Å². The van der Waals surface area contributed by atoms with Crippen molar-refractivity contribution >= 4 is 62.3 Å². The number of para-hydroxylation sites is 1. The summed E-state index contributed by atoms with van der Waals surface area (Å²) in [6.45, 7) is 2.19. The first-order valence-corrected chi connectivity index (χ1v) is 26.7. The van der Waals surface area contributed by atoms with E-state index in [4.69, 9.17) is 11.5 Å². The summed E-state index contributed by atoms with van der Waals surface area (Å²) < 4.78 is 30.1. The number of H-pyrrole nitrogens is 1. The number of carbonyl (C=O) groups excluding carboxylic acids is 6. The summed E-state index contributed by atoms with van der Waals surface area (Å²) in [4.78, 5) is 95.9. The van der Waals surface area contributed by atoms with Crippen LogP contribution in [0.1, 0.15) is 93.7 Å². The number of amides is 6. The van der Waals surface area contributed by atoms with E-state index in [0.717, 1.165) is 54.1 Å². The molecule has 1 aromatic heterocycles. The van der Waals surface area contributed by atoms with Gasteiger partial charge >= 0.3 is 0 Å². The normalized spacial score (nSPS) is 22.6. The number of carbonyl (C=O) groups is 6. The van der Waals surface area contributed by atoms with Crippen LogP contribution < -0.4 is 42.8 Å². The van der Waals surface area contributed by atoms with Gasteiger partial charge in [-0.3, -0.25) is 33.8 Å². The lowest BCUT2D eigenvalue weighted by Gasteiger charge is -2.32. The summed E-state index contributed by atoms with van der Waals surface area (Å²) in [7, 11) is -4.23. The minimum absolute atomic E-state index is 0.00845. The molecule has 3 aromatic carbocycles. The highest BCUT2D eigenvalue weighted by Gasteiger charge is 2.41. The third-order valence-corrected chi connectivity index (χ3v) is 15.4. The number of hydrogen-bond acceptors (Lipinski definition) is 9. The van der Waals surface area contributed by atoms with Gasteiger partial charge in [0.2, 0.25) is 45.5 Å². The van der Waals surface area contributed by atoms with Crippen molar-refractivity contribution in [3.63, 3.8) is 0 Å². The summed E-state index contributed by atoms with van der Waals surface area (Å²) >= 11 is 0. The maximum absolute atomic E-state index is 14.9. The Labute approximate surface area is 420 Å². The molecular formula is C52H69N11O8S. The molecule has 2 saturated heterocycles. The number of hydrogen-bond donors (Lipinski definition) is 9. The van der Waals surface area contributed by atoms with E-state index in [1.165, 1.54) is 17.0 Å². The molecule has 72 heavy (non-hydrogen) atoms. The Bertz CT molecular complexity index is 2670. The van der Waals surface area contributed by atoms with E-state index in [2.05, 4.69) is 41.3 Å². The van der Waals surface area contributed by atoms with Crippen molar-refractivity contribution in [3.8, 4) is 0 Å². The molecule has 0 radical (unpaired) electrons. The second kappa shape index (κ2) is 25.0. The smallest absolute Gasteiger partial charge is 0.245 e. The van der Waals surface area contributed by atoms with Gasteiger partial charge in [-0.1, -0.05) is 98.3 Å². The summed E-state index contributed by atoms with van der Waals surface area (Å²) in [6.07, 6.45) is 8.15. The highest BCUT2D eigenvalue weighted by Crippen LogP contribution is 2.29. The van der Waals surface area contributed by atoms with Crippen molar-refractivity contribution in [1.29, 1.82) is 0 Å². The summed E-state index contributed by atoms with van der Waals surface area (Å²) in [5, 5.41) is 15.4. The fourth-order valence-electron chi connectivity index (χ4n) is 9.99. The molecule has 6 amide bonds. The molecule has 0 bridgehead atoms. The minimum Gasteiger partial charge on any atom is -0.370 e. The molecule has 1 aliphatic carbocycles. The zero-order valence-electron chi connectivity index (χ0n) is 40.9. The maximum atomic E-state index is 14.9. The van der Waals surface area contributed by atoms with Gasteiger partial charge in [0, 0.05) is 43.2 Å². The number of benzene rings is 3. The predicted molar refractivity (Wildman–Crippen MR) is 273 cm³/mol. The second-order valence-electron chi connectivity index (χ2n) is 19.3. The number of aromatic amines is 1. The van der Waals surface area contributed by atoms with Crippen LogP contribution in [0.15, 0.2) is 94.9 Å². The molecule has 1 saturated carbocycles. The molecule has 3 heterocycles.